The molecule has 1 aromatic heterocycles. The molecule has 1 aliphatic rings. The molecule has 106 valence electrons. The van der Waals surface area contributed by atoms with E-state index in [4.69, 9.17) is 4.74 Å². The summed E-state index contributed by atoms with van der Waals surface area (Å²) in [5.41, 5.74) is 1.16. The molecule has 2 unspecified atom stereocenters. The van der Waals surface area contributed by atoms with Crippen LogP contribution in [0, 0.1) is 5.92 Å². The fourth-order valence-electron chi connectivity index (χ4n) is 2.63. The van der Waals surface area contributed by atoms with Crippen molar-refractivity contribution in [1.29, 1.82) is 0 Å². The van der Waals surface area contributed by atoms with Crippen LogP contribution in [0.4, 0.5) is 0 Å². The molecule has 4 heteroatoms. The Morgan fingerprint density at radius 3 is 3.21 bits per heavy atom. The number of hydrogen-bond donors (Lipinski definition) is 2. The second kappa shape index (κ2) is 7.34. The van der Waals surface area contributed by atoms with Gasteiger partial charge in [0.1, 0.15) is 0 Å². The van der Waals surface area contributed by atoms with Crippen LogP contribution >= 0.6 is 0 Å². The molecule has 4 nitrogen and oxygen atoms in total. The maximum absolute atomic E-state index is 12.1. The van der Waals surface area contributed by atoms with Gasteiger partial charge >= 0.3 is 0 Å². The molecule has 1 aromatic rings. The van der Waals surface area contributed by atoms with Gasteiger partial charge in [-0.05, 0) is 31.4 Å². The number of hydrogen-bond acceptors (Lipinski definition) is 2. The summed E-state index contributed by atoms with van der Waals surface area (Å²) in [6.45, 7) is 3.58. The molecule has 2 heterocycles. The van der Waals surface area contributed by atoms with E-state index in [-0.39, 0.29) is 17.9 Å². The maximum Gasteiger partial charge on any atom is 0.223 e. The standard InChI is InChI=1S/C15H24N2O2/c1-2-4-14-11-12(7-10-19-14)15(18)17-9-6-13-5-3-8-16-13/h3,5,8,12,14,16H,2,4,6-7,9-11H2,1H3,(H,17,18). The van der Waals surface area contributed by atoms with Crippen molar-refractivity contribution in [2.24, 2.45) is 5.92 Å². The number of carbonyl (C=O) groups is 1. The number of aromatic amines is 1. The molecular formula is C15H24N2O2. The summed E-state index contributed by atoms with van der Waals surface area (Å²) >= 11 is 0. The zero-order valence-electron chi connectivity index (χ0n) is 11.7. The van der Waals surface area contributed by atoms with Crippen molar-refractivity contribution in [1.82, 2.24) is 10.3 Å². The SMILES string of the molecule is CCCC1CC(C(=O)NCCc2ccc[nH]2)CCO1. The van der Waals surface area contributed by atoms with E-state index in [0.29, 0.717) is 6.54 Å². The van der Waals surface area contributed by atoms with Crippen LogP contribution in [0.15, 0.2) is 18.3 Å². The number of carbonyl (C=O) groups excluding carboxylic acids is 1. The molecule has 19 heavy (non-hydrogen) atoms. The summed E-state index contributed by atoms with van der Waals surface area (Å²) in [5, 5.41) is 3.04. The average Bonchev–Trinajstić information content (AvgIpc) is 2.92. The molecule has 0 aliphatic carbocycles. The Labute approximate surface area is 114 Å². The second-order valence-corrected chi connectivity index (χ2v) is 5.24. The van der Waals surface area contributed by atoms with Gasteiger partial charge in [0.25, 0.3) is 0 Å². The van der Waals surface area contributed by atoms with E-state index in [1.54, 1.807) is 0 Å². The molecule has 0 radical (unpaired) electrons. The van der Waals surface area contributed by atoms with Crippen molar-refractivity contribution >= 4 is 5.91 Å². The summed E-state index contributed by atoms with van der Waals surface area (Å²) in [4.78, 5) is 15.2. The van der Waals surface area contributed by atoms with E-state index >= 15 is 0 Å². The lowest BCUT2D eigenvalue weighted by atomic mass is 9.93. The maximum atomic E-state index is 12.1. The Balaban J connectivity index is 1.70. The van der Waals surface area contributed by atoms with E-state index in [0.717, 1.165) is 44.4 Å². The Morgan fingerprint density at radius 1 is 1.58 bits per heavy atom. The molecule has 1 fully saturated rings. The normalized spacial score (nSPS) is 23.2. The quantitative estimate of drug-likeness (QED) is 0.828. The van der Waals surface area contributed by atoms with E-state index in [2.05, 4.69) is 17.2 Å². The number of nitrogens with one attached hydrogen (secondary N) is 2. The number of rotatable bonds is 6. The summed E-state index contributed by atoms with van der Waals surface area (Å²) < 4.78 is 5.68. The summed E-state index contributed by atoms with van der Waals surface area (Å²) in [6, 6.07) is 4.02. The first kappa shape index (κ1) is 14.1. The number of ether oxygens (including phenoxy) is 1. The van der Waals surface area contributed by atoms with E-state index in [9.17, 15) is 4.79 Å². The third-order valence-corrected chi connectivity index (χ3v) is 3.70. The Hall–Kier alpha value is -1.29. The topological polar surface area (TPSA) is 54.1 Å². The zero-order chi connectivity index (χ0) is 13.5. The van der Waals surface area contributed by atoms with Gasteiger partial charge in [0.2, 0.25) is 5.91 Å². The van der Waals surface area contributed by atoms with Crippen LogP contribution in [0.1, 0.15) is 38.3 Å². The molecule has 1 amide bonds. The molecule has 0 spiro atoms. The van der Waals surface area contributed by atoms with Crippen molar-refractivity contribution in [3.8, 4) is 0 Å². The highest BCUT2D eigenvalue weighted by atomic mass is 16.5. The first-order chi connectivity index (χ1) is 9.29. The van der Waals surface area contributed by atoms with Crippen molar-refractivity contribution in [3.05, 3.63) is 24.0 Å². The Kier molecular flexibility index (Phi) is 5.45. The summed E-state index contributed by atoms with van der Waals surface area (Å²) in [5.74, 6) is 0.324. The van der Waals surface area contributed by atoms with Crippen LogP contribution in [0.25, 0.3) is 0 Å². The van der Waals surface area contributed by atoms with Crippen LogP contribution in [0.2, 0.25) is 0 Å². The third kappa shape index (κ3) is 4.39. The van der Waals surface area contributed by atoms with Gasteiger partial charge in [-0.25, -0.2) is 0 Å². The van der Waals surface area contributed by atoms with E-state index < -0.39 is 0 Å². The predicted octanol–water partition coefficient (Wildman–Crippen LogP) is 2.27. The lowest BCUT2D eigenvalue weighted by molar-refractivity contribution is -0.130. The molecule has 0 saturated carbocycles. The molecule has 2 rings (SSSR count). The first-order valence-electron chi connectivity index (χ1n) is 7.31. The summed E-state index contributed by atoms with van der Waals surface area (Å²) in [6.07, 6.45) is 6.96. The van der Waals surface area contributed by atoms with Crippen molar-refractivity contribution < 1.29 is 9.53 Å². The highest BCUT2D eigenvalue weighted by molar-refractivity contribution is 5.78. The minimum absolute atomic E-state index is 0.133. The predicted molar refractivity (Wildman–Crippen MR) is 74.9 cm³/mol. The summed E-state index contributed by atoms with van der Waals surface area (Å²) in [7, 11) is 0. The fraction of sp³-hybridized carbons (Fsp3) is 0.667. The monoisotopic (exact) mass is 264 g/mol. The van der Waals surface area contributed by atoms with Crippen LogP contribution in [-0.4, -0.2) is 30.1 Å². The van der Waals surface area contributed by atoms with E-state index in [1.165, 1.54) is 0 Å². The highest BCUT2D eigenvalue weighted by Crippen LogP contribution is 2.23. The number of aromatic nitrogens is 1. The second-order valence-electron chi connectivity index (χ2n) is 5.24. The van der Waals surface area contributed by atoms with Gasteiger partial charge in [-0.1, -0.05) is 13.3 Å². The average molecular weight is 264 g/mol. The molecule has 1 saturated heterocycles. The lowest BCUT2D eigenvalue weighted by Gasteiger charge is -2.28. The Morgan fingerprint density at radius 2 is 2.47 bits per heavy atom. The number of amides is 1. The van der Waals surface area contributed by atoms with Crippen LogP contribution in [-0.2, 0) is 16.0 Å². The van der Waals surface area contributed by atoms with E-state index in [1.807, 2.05) is 18.3 Å². The Bertz CT molecular complexity index is 374. The van der Waals surface area contributed by atoms with Crippen molar-refractivity contribution in [3.63, 3.8) is 0 Å². The van der Waals surface area contributed by atoms with Crippen molar-refractivity contribution in [2.75, 3.05) is 13.2 Å². The van der Waals surface area contributed by atoms with Crippen LogP contribution in [0.5, 0.6) is 0 Å². The van der Waals surface area contributed by atoms with Gasteiger partial charge in [-0.15, -0.1) is 0 Å². The minimum atomic E-state index is 0.133. The highest BCUT2D eigenvalue weighted by Gasteiger charge is 2.26. The van der Waals surface area contributed by atoms with Gasteiger partial charge in [-0.3, -0.25) is 4.79 Å². The first-order valence-corrected chi connectivity index (χ1v) is 7.31. The smallest absolute Gasteiger partial charge is 0.223 e. The molecule has 2 N–H and O–H groups in total. The van der Waals surface area contributed by atoms with Gasteiger partial charge in [0.15, 0.2) is 0 Å². The minimum Gasteiger partial charge on any atom is -0.378 e. The lowest BCUT2D eigenvalue weighted by Crippen LogP contribution is -2.38. The fourth-order valence-corrected chi connectivity index (χ4v) is 2.63. The zero-order valence-corrected chi connectivity index (χ0v) is 11.7. The number of H-pyrrole nitrogens is 1. The van der Waals surface area contributed by atoms with Gasteiger partial charge in [0.05, 0.1) is 6.10 Å². The van der Waals surface area contributed by atoms with Gasteiger partial charge in [-0.2, -0.15) is 0 Å². The molecule has 2 atom stereocenters. The largest absolute Gasteiger partial charge is 0.378 e. The van der Waals surface area contributed by atoms with Gasteiger partial charge in [0, 0.05) is 37.4 Å². The molecule has 0 aromatic carbocycles. The molecular weight excluding hydrogens is 240 g/mol. The molecule has 0 bridgehead atoms. The van der Waals surface area contributed by atoms with Gasteiger partial charge < -0.3 is 15.0 Å². The van der Waals surface area contributed by atoms with Crippen LogP contribution in [0.3, 0.4) is 0 Å². The third-order valence-electron chi connectivity index (χ3n) is 3.70. The van der Waals surface area contributed by atoms with Crippen molar-refractivity contribution in [2.45, 2.75) is 45.1 Å². The van der Waals surface area contributed by atoms with Crippen LogP contribution < -0.4 is 5.32 Å². The molecule has 1 aliphatic heterocycles.